The molecular formula is C25H48. The van der Waals surface area contributed by atoms with Crippen LogP contribution in [0.25, 0.3) is 0 Å². The summed E-state index contributed by atoms with van der Waals surface area (Å²) in [5.74, 6) is 3.39. The fourth-order valence-electron chi connectivity index (χ4n) is 5.85. The Bertz CT molecular complexity index is 292. The van der Waals surface area contributed by atoms with E-state index in [4.69, 9.17) is 0 Å². The van der Waals surface area contributed by atoms with Crippen molar-refractivity contribution in [3.8, 4) is 0 Å². The van der Waals surface area contributed by atoms with E-state index in [1.165, 1.54) is 96.3 Å². The lowest BCUT2D eigenvalue weighted by atomic mass is 9.64. The van der Waals surface area contributed by atoms with Crippen molar-refractivity contribution >= 4 is 0 Å². The van der Waals surface area contributed by atoms with Crippen LogP contribution in [0, 0.1) is 17.8 Å². The van der Waals surface area contributed by atoms with Crippen LogP contribution in [0.3, 0.4) is 0 Å². The van der Waals surface area contributed by atoms with Gasteiger partial charge in [-0.2, -0.15) is 0 Å². The summed E-state index contributed by atoms with van der Waals surface area (Å²) in [6.45, 7) is 2.31. The van der Waals surface area contributed by atoms with Crippen LogP contribution in [-0.2, 0) is 0 Å². The lowest BCUT2D eigenvalue weighted by Gasteiger charge is -2.41. The van der Waals surface area contributed by atoms with E-state index in [2.05, 4.69) is 6.92 Å². The summed E-state index contributed by atoms with van der Waals surface area (Å²) in [4.78, 5) is 0. The van der Waals surface area contributed by atoms with Gasteiger partial charge in [0, 0.05) is 0 Å². The molecule has 0 spiro atoms. The van der Waals surface area contributed by atoms with Crippen molar-refractivity contribution in [2.24, 2.45) is 17.8 Å². The highest BCUT2D eigenvalue weighted by Gasteiger charge is 2.34. The molecular weight excluding hydrogens is 300 g/mol. The molecule has 2 aliphatic rings. The van der Waals surface area contributed by atoms with Gasteiger partial charge in [0.15, 0.2) is 0 Å². The monoisotopic (exact) mass is 348 g/mol. The van der Waals surface area contributed by atoms with Crippen LogP contribution < -0.4 is 0 Å². The van der Waals surface area contributed by atoms with Crippen LogP contribution in [0.1, 0.15) is 142 Å². The second-order valence-electron chi connectivity index (χ2n) is 9.43. The van der Waals surface area contributed by atoms with Crippen molar-refractivity contribution in [3.63, 3.8) is 0 Å². The SMILES string of the molecule is CCCCCCCCCCCCCCCC1CCCC2CCCCC12. The highest BCUT2D eigenvalue weighted by Crippen LogP contribution is 2.45. The first-order valence-corrected chi connectivity index (χ1v) is 12.4. The van der Waals surface area contributed by atoms with Gasteiger partial charge in [0.1, 0.15) is 0 Å². The molecule has 0 aromatic carbocycles. The molecule has 148 valence electrons. The topological polar surface area (TPSA) is 0 Å². The zero-order chi connectivity index (χ0) is 17.6. The van der Waals surface area contributed by atoms with Crippen molar-refractivity contribution in [1.29, 1.82) is 0 Å². The molecule has 2 aliphatic carbocycles. The Kier molecular flexibility index (Phi) is 12.0. The number of fused-ring (bicyclic) bond motifs is 1. The van der Waals surface area contributed by atoms with Gasteiger partial charge in [0.25, 0.3) is 0 Å². The maximum Gasteiger partial charge on any atom is -0.0357 e. The molecule has 2 saturated carbocycles. The molecule has 0 saturated heterocycles. The third-order valence-corrected chi connectivity index (χ3v) is 7.40. The molecule has 0 bridgehead atoms. The minimum atomic E-state index is 1.12. The van der Waals surface area contributed by atoms with Crippen molar-refractivity contribution in [1.82, 2.24) is 0 Å². The van der Waals surface area contributed by atoms with E-state index < -0.39 is 0 Å². The Labute approximate surface area is 159 Å². The molecule has 0 N–H and O–H groups in total. The molecule has 2 rings (SSSR count). The molecule has 0 amide bonds. The predicted molar refractivity (Wildman–Crippen MR) is 113 cm³/mol. The summed E-state index contributed by atoms with van der Waals surface area (Å²) < 4.78 is 0. The van der Waals surface area contributed by atoms with Gasteiger partial charge >= 0.3 is 0 Å². The molecule has 0 aromatic rings. The van der Waals surface area contributed by atoms with Gasteiger partial charge in [-0.15, -0.1) is 0 Å². The average Bonchev–Trinajstić information content (AvgIpc) is 2.65. The summed E-state index contributed by atoms with van der Waals surface area (Å²) in [7, 11) is 0. The second-order valence-corrected chi connectivity index (χ2v) is 9.43. The van der Waals surface area contributed by atoms with Crippen LogP contribution in [0.15, 0.2) is 0 Å². The Morgan fingerprint density at radius 1 is 0.520 bits per heavy atom. The minimum Gasteiger partial charge on any atom is -0.0654 e. The van der Waals surface area contributed by atoms with E-state index in [0.29, 0.717) is 0 Å². The average molecular weight is 349 g/mol. The van der Waals surface area contributed by atoms with E-state index in [1.807, 2.05) is 0 Å². The van der Waals surface area contributed by atoms with Gasteiger partial charge in [0.05, 0.1) is 0 Å². The largest absolute Gasteiger partial charge is 0.0654 e. The number of hydrogen-bond acceptors (Lipinski definition) is 0. The van der Waals surface area contributed by atoms with Crippen molar-refractivity contribution in [2.45, 2.75) is 142 Å². The Morgan fingerprint density at radius 2 is 1.04 bits per heavy atom. The molecule has 0 heterocycles. The first-order valence-electron chi connectivity index (χ1n) is 12.4. The highest BCUT2D eigenvalue weighted by molar-refractivity contribution is 4.85. The molecule has 3 unspecified atom stereocenters. The summed E-state index contributed by atoms with van der Waals surface area (Å²) >= 11 is 0. The highest BCUT2D eigenvalue weighted by atomic mass is 14.4. The zero-order valence-electron chi connectivity index (χ0n) is 17.6. The van der Waals surface area contributed by atoms with E-state index in [1.54, 1.807) is 38.5 Å². The lowest BCUT2D eigenvalue weighted by Crippen LogP contribution is -2.30. The van der Waals surface area contributed by atoms with Gasteiger partial charge in [-0.25, -0.2) is 0 Å². The Hall–Kier alpha value is 0. The quantitative estimate of drug-likeness (QED) is 0.274. The third kappa shape index (κ3) is 8.96. The standard InChI is InChI=1S/C25H48/c1-2-3-4-5-6-7-8-9-10-11-12-13-14-18-23-20-17-21-24-19-15-16-22-25(23)24/h23-25H,2-22H2,1H3. The third-order valence-electron chi connectivity index (χ3n) is 7.40. The fourth-order valence-corrected chi connectivity index (χ4v) is 5.85. The maximum atomic E-state index is 2.31. The lowest BCUT2D eigenvalue weighted by molar-refractivity contribution is 0.0961. The molecule has 0 nitrogen and oxygen atoms in total. The van der Waals surface area contributed by atoms with Crippen molar-refractivity contribution < 1.29 is 0 Å². The van der Waals surface area contributed by atoms with E-state index in [0.717, 1.165) is 17.8 Å². The van der Waals surface area contributed by atoms with Gasteiger partial charge in [-0.05, 0) is 24.2 Å². The van der Waals surface area contributed by atoms with Crippen molar-refractivity contribution in [3.05, 3.63) is 0 Å². The summed E-state index contributed by atoms with van der Waals surface area (Å²) in [5.41, 5.74) is 0. The summed E-state index contributed by atoms with van der Waals surface area (Å²) in [5, 5.41) is 0. The van der Waals surface area contributed by atoms with Crippen LogP contribution in [0.5, 0.6) is 0 Å². The fraction of sp³-hybridized carbons (Fsp3) is 1.00. The van der Waals surface area contributed by atoms with Crippen LogP contribution in [0.2, 0.25) is 0 Å². The Morgan fingerprint density at radius 3 is 1.68 bits per heavy atom. The summed E-state index contributed by atoms with van der Waals surface area (Å²) in [6, 6.07) is 0. The number of hydrogen-bond donors (Lipinski definition) is 0. The van der Waals surface area contributed by atoms with E-state index in [-0.39, 0.29) is 0 Å². The molecule has 25 heavy (non-hydrogen) atoms. The Balaban J connectivity index is 1.36. The molecule has 0 aliphatic heterocycles. The predicted octanol–water partition coefficient (Wildman–Crippen LogP) is 9.07. The molecule has 3 atom stereocenters. The zero-order valence-corrected chi connectivity index (χ0v) is 17.6. The molecule has 0 aromatic heterocycles. The minimum absolute atomic E-state index is 1.12. The first kappa shape index (κ1) is 21.3. The van der Waals surface area contributed by atoms with Gasteiger partial charge in [-0.1, -0.05) is 135 Å². The van der Waals surface area contributed by atoms with E-state index in [9.17, 15) is 0 Å². The van der Waals surface area contributed by atoms with E-state index >= 15 is 0 Å². The van der Waals surface area contributed by atoms with Gasteiger partial charge in [0.2, 0.25) is 0 Å². The smallest absolute Gasteiger partial charge is 0.0357 e. The molecule has 2 fully saturated rings. The summed E-state index contributed by atoms with van der Waals surface area (Å²) in [6.07, 6.45) is 31.8. The van der Waals surface area contributed by atoms with Crippen LogP contribution >= 0.6 is 0 Å². The van der Waals surface area contributed by atoms with Crippen LogP contribution in [0.4, 0.5) is 0 Å². The molecule has 0 heteroatoms. The normalized spacial score (nSPS) is 26.5. The van der Waals surface area contributed by atoms with Crippen LogP contribution in [-0.4, -0.2) is 0 Å². The van der Waals surface area contributed by atoms with Gasteiger partial charge < -0.3 is 0 Å². The maximum absolute atomic E-state index is 2.31. The number of unbranched alkanes of at least 4 members (excludes halogenated alkanes) is 12. The molecule has 0 radical (unpaired) electrons. The second kappa shape index (κ2) is 14.1. The number of rotatable bonds is 14. The first-order chi connectivity index (χ1) is 12.4. The van der Waals surface area contributed by atoms with Gasteiger partial charge in [-0.3, -0.25) is 0 Å². The van der Waals surface area contributed by atoms with Crippen molar-refractivity contribution in [2.75, 3.05) is 0 Å².